The molecule has 2 aromatic heterocycles. The molecular weight excluding hydrogens is 338 g/mol. The number of carbonyl (C=O) groups is 1. The maximum Gasteiger partial charge on any atom is 0.274 e. The zero-order chi connectivity index (χ0) is 18.4. The number of aliphatic hydroxyl groups excluding tert-OH is 1. The monoisotopic (exact) mass is 361 g/mol. The van der Waals surface area contributed by atoms with E-state index in [4.69, 9.17) is 0 Å². The fourth-order valence-electron chi connectivity index (χ4n) is 5.19. The summed E-state index contributed by atoms with van der Waals surface area (Å²) < 4.78 is 1.88. The molecule has 138 valence electrons. The summed E-state index contributed by atoms with van der Waals surface area (Å²) in [6, 6.07) is 16.3. The summed E-state index contributed by atoms with van der Waals surface area (Å²) in [7, 11) is 0. The lowest BCUT2D eigenvalue weighted by molar-refractivity contribution is 0.0567. The Labute approximate surface area is 158 Å². The van der Waals surface area contributed by atoms with Crippen molar-refractivity contribution in [3.63, 3.8) is 0 Å². The number of benzene rings is 1. The van der Waals surface area contributed by atoms with E-state index in [9.17, 15) is 9.90 Å². The molecule has 2 bridgehead atoms. The van der Waals surface area contributed by atoms with E-state index in [0.717, 1.165) is 31.3 Å². The number of fused-ring (bicyclic) bond motifs is 3. The van der Waals surface area contributed by atoms with Crippen LogP contribution < -0.4 is 0 Å². The number of carbonyl (C=O) groups excluding carboxylic acids is 1. The first-order valence-electron chi connectivity index (χ1n) is 9.61. The molecule has 1 amide bonds. The summed E-state index contributed by atoms with van der Waals surface area (Å²) in [6.07, 6.45) is 7.36. The van der Waals surface area contributed by atoms with Gasteiger partial charge < -0.3 is 14.4 Å². The summed E-state index contributed by atoms with van der Waals surface area (Å²) in [5.74, 6) is -0.00501. The van der Waals surface area contributed by atoms with Crippen LogP contribution >= 0.6 is 0 Å². The van der Waals surface area contributed by atoms with Gasteiger partial charge in [0.25, 0.3) is 5.91 Å². The minimum Gasteiger partial charge on any atom is -0.396 e. The van der Waals surface area contributed by atoms with E-state index in [1.54, 1.807) is 0 Å². The van der Waals surface area contributed by atoms with Crippen LogP contribution in [0.3, 0.4) is 0 Å². The molecule has 27 heavy (non-hydrogen) atoms. The highest BCUT2D eigenvalue weighted by Crippen LogP contribution is 2.51. The molecule has 3 atom stereocenters. The van der Waals surface area contributed by atoms with Gasteiger partial charge in [-0.25, -0.2) is 4.98 Å². The SMILES string of the molecule is O=C(c1cn2ccccc2n1)N1[C@H]2CC[C@@H]1[C@@](CO)(Cc1ccccc1)C2. The topological polar surface area (TPSA) is 57.8 Å². The van der Waals surface area contributed by atoms with Gasteiger partial charge >= 0.3 is 0 Å². The van der Waals surface area contributed by atoms with Crippen molar-refractivity contribution in [2.75, 3.05) is 6.61 Å². The van der Waals surface area contributed by atoms with Crippen LogP contribution in [-0.4, -0.2) is 44.0 Å². The van der Waals surface area contributed by atoms with Crippen LogP contribution in [0.5, 0.6) is 0 Å². The van der Waals surface area contributed by atoms with E-state index in [-0.39, 0.29) is 30.0 Å². The molecule has 5 nitrogen and oxygen atoms in total. The van der Waals surface area contributed by atoms with Crippen molar-refractivity contribution in [3.05, 3.63) is 72.2 Å². The van der Waals surface area contributed by atoms with Gasteiger partial charge in [-0.2, -0.15) is 0 Å². The van der Waals surface area contributed by atoms with Crippen LogP contribution in [0.15, 0.2) is 60.9 Å². The smallest absolute Gasteiger partial charge is 0.274 e. The van der Waals surface area contributed by atoms with Crippen molar-refractivity contribution in [3.8, 4) is 0 Å². The summed E-state index contributed by atoms with van der Waals surface area (Å²) in [4.78, 5) is 19.8. The Hall–Kier alpha value is -2.66. The van der Waals surface area contributed by atoms with Crippen LogP contribution in [0.25, 0.3) is 5.65 Å². The number of aromatic nitrogens is 2. The highest BCUT2D eigenvalue weighted by Gasteiger charge is 2.57. The maximum absolute atomic E-state index is 13.3. The van der Waals surface area contributed by atoms with Crippen LogP contribution in [0, 0.1) is 5.41 Å². The average Bonchev–Trinajstić information content (AvgIpc) is 3.39. The predicted molar refractivity (Wildman–Crippen MR) is 102 cm³/mol. The number of hydrogen-bond acceptors (Lipinski definition) is 3. The molecule has 1 aromatic carbocycles. The molecule has 2 aliphatic rings. The number of rotatable bonds is 4. The number of hydrogen-bond donors (Lipinski definition) is 1. The minimum atomic E-state index is -0.251. The van der Waals surface area contributed by atoms with Gasteiger partial charge in [-0.05, 0) is 43.4 Å². The molecule has 0 radical (unpaired) electrons. The van der Waals surface area contributed by atoms with Gasteiger partial charge in [0.2, 0.25) is 0 Å². The molecule has 1 N–H and O–H groups in total. The number of pyridine rings is 1. The first-order valence-corrected chi connectivity index (χ1v) is 9.61. The second kappa shape index (κ2) is 6.20. The number of nitrogens with zero attached hydrogens (tertiary/aromatic N) is 3. The summed E-state index contributed by atoms with van der Waals surface area (Å²) in [5.41, 5.74) is 2.25. The quantitative estimate of drug-likeness (QED) is 0.777. The van der Waals surface area contributed by atoms with Crippen LogP contribution in [0.2, 0.25) is 0 Å². The Morgan fingerprint density at radius 2 is 1.96 bits per heavy atom. The lowest BCUT2D eigenvalue weighted by atomic mass is 9.70. The summed E-state index contributed by atoms with van der Waals surface area (Å²) in [6.45, 7) is 0.109. The third kappa shape index (κ3) is 2.57. The zero-order valence-corrected chi connectivity index (χ0v) is 15.2. The summed E-state index contributed by atoms with van der Waals surface area (Å²) >= 11 is 0. The normalized spacial score (nSPS) is 26.8. The molecule has 3 aromatic rings. The fraction of sp³-hybridized carbons (Fsp3) is 0.364. The Balaban J connectivity index is 1.46. The van der Waals surface area contributed by atoms with Gasteiger partial charge in [0.15, 0.2) is 0 Å². The van der Waals surface area contributed by atoms with Gasteiger partial charge in [-0.1, -0.05) is 36.4 Å². The Bertz CT molecular complexity index is 950. The molecular formula is C22H23N3O2. The lowest BCUT2D eigenvalue weighted by Gasteiger charge is -2.36. The van der Waals surface area contributed by atoms with E-state index in [1.165, 1.54) is 5.56 Å². The van der Waals surface area contributed by atoms with Crippen molar-refractivity contribution < 1.29 is 9.90 Å². The minimum absolute atomic E-state index is 0.00501. The molecule has 0 spiro atoms. The van der Waals surface area contributed by atoms with Crippen molar-refractivity contribution in [1.29, 1.82) is 0 Å². The third-order valence-corrected chi connectivity index (χ3v) is 6.38. The Morgan fingerprint density at radius 1 is 1.15 bits per heavy atom. The van der Waals surface area contributed by atoms with E-state index in [2.05, 4.69) is 17.1 Å². The molecule has 0 saturated carbocycles. The fourth-order valence-corrected chi connectivity index (χ4v) is 5.19. The van der Waals surface area contributed by atoms with Gasteiger partial charge in [0.1, 0.15) is 11.3 Å². The van der Waals surface area contributed by atoms with E-state index in [0.29, 0.717) is 5.69 Å². The molecule has 2 saturated heterocycles. The van der Waals surface area contributed by atoms with Gasteiger partial charge in [0, 0.05) is 29.9 Å². The second-order valence-corrected chi connectivity index (χ2v) is 7.94. The highest BCUT2D eigenvalue weighted by atomic mass is 16.3. The maximum atomic E-state index is 13.3. The largest absolute Gasteiger partial charge is 0.396 e. The van der Waals surface area contributed by atoms with E-state index < -0.39 is 0 Å². The van der Waals surface area contributed by atoms with Crippen molar-refractivity contribution in [2.24, 2.45) is 5.41 Å². The molecule has 0 aliphatic carbocycles. The second-order valence-electron chi connectivity index (χ2n) is 7.94. The van der Waals surface area contributed by atoms with Crippen LogP contribution in [-0.2, 0) is 6.42 Å². The number of amides is 1. The van der Waals surface area contributed by atoms with E-state index in [1.807, 2.05) is 58.1 Å². The summed E-state index contributed by atoms with van der Waals surface area (Å²) in [5, 5.41) is 10.3. The Kier molecular flexibility index (Phi) is 3.79. The number of aliphatic hydroxyl groups is 1. The zero-order valence-electron chi connectivity index (χ0n) is 15.2. The molecule has 5 rings (SSSR count). The van der Waals surface area contributed by atoms with Crippen LogP contribution in [0.1, 0.15) is 35.3 Å². The van der Waals surface area contributed by atoms with Crippen molar-refractivity contribution in [1.82, 2.24) is 14.3 Å². The van der Waals surface area contributed by atoms with Gasteiger partial charge in [-0.15, -0.1) is 0 Å². The van der Waals surface area contributed by atoms with Gasteiger partial charge in [0.05, 0.1) is 6.61 Å². The van der Waals surface area contributed by atoms with Crippen LogP contribution in [0.4, 0.5) is 0 Å². The molecule has 0 unspecified atom stereocenters. The molecule has 4 heterocycles. The predicted octanol–water partition coefficient (Wildman–Crippen LogP) is 2.93. The van der Waals surface area contributed by atoms with Crippen molar-refractivity contribution in [2.45, 2.75) is 37.8 Å². The average molecular weight is 361 g/mol. The number of imidazole rings is 1. The molecule has 2 fully saturated rings. The molecule has 5 heteroatoms. The molecule has 2 aliphatic heterocycles. The first kappa shape index (κ1) is 16.5. The standard InChI is InChI=1S/C22H23N3O2/c26-15-22(12-16-6-2-1-3-7-16)13-17-9-10-19(22)25(17)21(27)18-14-24-11-5-4-8-20(24)23-18/h1-8,11,14,17,19,26H,9-10,12-13,15H2/t17-,19+,22-/m0/s1. The van der Waals surface area contributed by atoms with E-state index >= 15 is 0 Å². The Morgan fingerprint density at radius 3 is 2.74 bits per heavy atom. The van der Waals surface area contributed by atoms with Gasteiger partial charge in [-0.3, -0.25) is 4.79 Å². The first-order chi connectivity index (χ1) is 13.2. The van der Waals surface area contributed by atoms with Crippen molar-refractivity contribution >= 4 is 11.6 Å². The lowest BCUT2D eigenvalue weighted by Crippen LogP contribution is -2.44. The highest BCUT2D eigenvalue weighted by molar-refractivity contribution is 5.94. The third-order valence-electron chi connectivity index (χ3n) is 6.38.